The van der Waals surface area contributed by atoms with Gasteiger partial charge in [-0.3, -0.25) is 4.79 Å². The van der Waals surface area contributed by atoms with Crippen LogP contribution in [-0.4, -0.2) is 19.6 Å². The number of rotatable bonds is 5. The van der Waals surface area contributed by atoms with Crippen LogP contribution in [0.3, 0.4) is 0 Å². The van der Waals surface area contributed by atoms with Gasteiger partial charge in [-0.25, -0.2) is 0 Å². The predicted octanol–water partition coefficient (Wildman–Crippen LogP) is 2.89. The zero-order chi connectivity index (χ0) is 12.7. The average Bonchev–Trinajstić information content (AvgIpc) is 2.28. The number of methoxy groups -OCH3 is 1. The number of benzene rings is 1. The Labute approximate surface area is 106 Å². The first-order chi connectivity index (χ1) is 8.13. The van der Waals surface area contributed by atoms with E-state index < -0.39 is 0 Å². The van der Waals surface area contributed by atoms with Crippen LogP contribution >= 0.6 is 11.6 Å². The van der Waals surface area contributed by atoms with Crippen molar-refractivity contribution in [3.05, 3.63) is 34.9 Å². The number of hydrogen-bond donors (Lipinski definition) is 1. The monoisotopic (exact) mass is 253 g/mol. The van der Waals surface area contributed by atoms with E-state index >= 15 is 0 Å². The van der Waals surface area contributed by atoms with Gasteiger partial charge in [-0.2, -0.15) is 0 Å². The normalized spacial score (nSPS) is 10.5. The first-order valence-corrected chi connectivity index (χ1v) is 5.76. The first-order valence-electron chi connectivity index (χ1n) is 5.38. The van der Waals surface area contributed by atoms with Crippen LogP contribution in [0.15, 0.2) is 24.3 Å². The van der Waals surface area contributed by atoms with Gasteiger partial charge in [0, 0.05) is 13.5 Å². The third-order valence-electron chi connectivity index (χ3n) is 2.17. The largest absolute Gasteiger partial charge is 0.495 e. The summed E-state index contributed by atoms with van der Waals surface area (Å²) < 4.78 is 5.07. The molecule has 1 aromatic carbocycles. The van der Waals surface area contributed by atoms with Crippen molar-refractivity contribution in [2.45, 2.75) is 13.3 Å². The SMILES string of the molecule is COc1ccc(C=CCCNC(C)=O)cc1Cl. The van der Waals surface area contributed by atoms with Crippen molar-refractivity contribution in [2.75, 3.05) is 13.7 Å². The number of nitrogens with one attached hydrogen (secondary N) is 1. The van der Waals surface area contributed by atoms with E-state index in [0.717, 1.165) is 12.0 Å². The second-order valence-corrected chi connectivity index (χ2v) is 3.98. The molecule has 0 unspecified atom stereocenters. The second kappa shape index (κ2) is 6.97. The molecule has 0 aromatic heterocycles. The van der Waals surface area contributed by atoms with E-state index in [4.69, 9.17) is 16.3 Å². The molecule has 1 rings (SSSR count). The van der Waals surface area contributed by atoms with Gasteiger partial charge in [-0.1, -0.05) is 29.8 Å². The van der Waals surface area contributed by atoms with Gasteiger partial charge in [0.25, 0.3) is 0 Å². The summed E-state index contributed by atoms with van der Waals surface area (Å²) >= 11 is 6.00. The van der Waals surface area contributed by atoms with Crippen LogP contribution in [0.1, 0.15) is 18.9 Å². The second-order valence-electron chi connectivity index (χ2n) is 3.57. The van der Waals surface area contributed by atoms with Gasteiger partial charge >= 0.3 is 0 Å². The number of carbonyl (C=O) groups is 1. The molecule has 0 bridgehead atoms. The quantitative estimate of drug-likeness (QED) is 0.820. The van der Waals surface area contributed by atoms with Gasteiger partial charge in [0.2, 0.25) is 5.91 Å². The van der Waals surface area contributed by atoms with Crippen LogP contribution < -0.4 is 10.1 Å². The summed E-state index contributed by atoms with van der Waals surface area (Å²) in [5, 5.41) is 3.32. The molecule has 92 valence electrons. The Hall–Kier alpha value is -1.48. The van der Waals surface area contributed by atoms with Crippen LogP contribution in [0.5, 0.6) is 5.75 Å². The van der Waals surface area contributed by atoms with Crippen molar-refractivity contribution in [1.82, 2.24) is 5.32 Å². The summed E-state index contributed by atoms with van der Waals surface area (Å²) in [7, 11) is 1.59. The maximum Gasteiger partial charge on any atom is 0.216 e. The van der Waals surface area contributed by atoms with Crippen LogP contribution in [-0.2, 0) is 4.79 Å². The van der Waals surface area contributed by atoms with Crippen molar-refractivity contribution in [2.24, 2.45) is 0 Å². The molecule has 0 aliphatic rings. The van der Waals surface area contributed by atoms with Crippen molar-refractivity contribution < 1.29 is 9.53 Å². The number of ether oxygens (including phenoxy) is 1. The minimum atomic E-state index is -0.00843. The van der Waals surface area contributed by atoms with Crippen LogP contribution in [0.2, 0.25) is 5.02 Å². The van der Waals surface area contributed by atoms with Crippen molar-refractivity contribution in [3.63, 3.8) is 0 Å². The Morgan fingerprint density at radius 2 is 2.29 bits per heavy atom. The molecular weight excluding hydrogens is 238 g/mol. The Kier molecular flexibility index (Phi) is 5.57. The highest BCUT2D eigenvalue weighted by molar-refractivity contribution is 6.32. The Morgan fingerprint density at radius 3 is 2.88 bits per heavy atom. The summed E-state index contributed by atoms with van der Waals surface area (Å²) in [4.78, 5) is 10.6. The van der Waals surface area contributed by atoms with Gasteiger partial charge in [0.15, 0.2) is 0 Å². The number of carbonyl (C=O) groups excluding carboxylic acids is 1. The highest BCUT2D eigenvalue weighted by atomic mass is 35.5. The standard InChI is InChI=1S/C13H16ClNO2/c1-10(16)15-8-4-3-5-11-6-7-13(17-2)12(14)9-11/h3,5-7,9H,4,8H2,1-2H3,(H,15,16). The van der Waals surface area contributed by atoms with Gasteiger partial charge in [-0.05, 0) is 24.1 Å². The van der Waals surface area contributed by atoms with E-state index in [0.29, 0.717) is 17.3 Å². The molecule has 0 saturated carbocycles. The van der Waals surface area contributed by atoms with Gasteiger partial charge in [0.1, 0.15) is 5.75 Å². The molecule has 0 aliphatic heterocycles. The Balaban J connectivity index is 2.48. The Morgan fingerprint density at radius 1 is 1.53 bits per heavy atom. The number of amides is 1. The number of hydrogen-bond acceptors (Lipinski definition) is 2. The summed E-state index contributed by atoms with van der Waals surface area (Å²) in [5.41, 5.74) is 1.01. The topological polar surface area (TPSA) is 38.3 Å². The van der Waals surface area contributed by atoms with Gasteiger partial charge < -0.3 is 10.1 Å². The fraction of sp³-hybridized carbons (Fsp3) is 0.308. The molecule has 17 heavy (non-hydrogen) atoms. The molecule has 4 heteroatoms. The van der Waals surface area contributed by atoms with Crippen LogP contribution in [0, 0.1) is 0 Å². The van der Waals surface area contributed by atoms with E-state index in [-0.39, 0.29) is 5.91 Å². The fourth-order valence-corrected chi connectivity index (χ4v) is 1.60. The van der Waals surface area contributed by atoms with E-state index in [1.807, 2.05) is 30.4 Å². The number of halogens is 1. The lowest BCUT2D eigenvalue weighted by Crippen LogP contribution is -2.20. The summed E-state index contributed by atoms with van der Waals surface area (Å²) in [6.45, 7) is 2.16. The molecule has 1 amide bonds. The average molecular weight is 254 g/mol. The third kappa shape index (κ3) is 4.91. The Bertz CT molecular complexity index is 416. The molecule has 0 aliphatic carbocycles. The third-order valence-corrected chi connectivity index (χ3v) is 2.47. The van der Waals surface area contributed by atoms with E-state index in [1.165, 1.54) is 6.92 Å². The van der Waals surface area contributed by atoms with E-state index in [2.05, 4.69) is 5.32 Å². The van der Waals surface area contributed by atoms with Gasteiger partial charge in [-0.15, -0.1) is 0 Å². The van der Waals surface area contributed by atoms with Crippen LogP contribution in [0.4, 0.5) is 0 Å². The highest BCUT2D eigenvalue weighted by Gasteiger charge is 1.99. The molecule has 0 saturated heterocycles. The molecule has 0 fully saturated rings. The van der Waals surface area contributed by atoms with Crippen LogP contribution in [0.25, 0.3) is 6.08 Å². The molecule has 1 aromatic rings. The molecular formula is C13H16ClNO2. The molecule has 1 N–H and O–H groups in total. The minimum Gasteiger partial charge on any atom is -0.495 e. The van der Waals surface area contributed by atoms with E-state index in [9.17, 15) is 4.79 Å². The maximum atomic E-state index is 10.6. The van der Waals surface area contributed by atoms with Gasteiger partial charge in [0.05, 0.1) is 12.1 Å². The molecule has 3 nitrogen and oxygen atoms in total. The minimum absolute atomic E-state index is 0.00843. The fourth-order valence-electron chi connectivity index (χ4n) is 1.34. The lowest BCUT2D eigenvalue weighted by molar-refractivity contribution is -0.118. The summed E-state index contributed by atoms with van der Waals surface area (Å²) in [6.07, 6.45) is 4.75. The summed E-state index contributed by atoms with van der Waals surface area (Å²) in [6, 6.07) is 5.60. The van der Waals surface area contributed by atoms with Crippen molar-refractivity contribution >= 4 is 23.6 Å². The van der Waals surface area contributed by atoms with Crippen molar-refractivity contribution in [1.29, 1.82) is 0 Å². The van der Waals surface area contributed by atoms with Crippen molar-refractivity contribution in [3.8, 4) is 5.75 Å². The zero-order valence-electron chi connectivity index (χ0n) is 10.00. The lowest BCUT2D eigenvalue weighted by atomic mass is 10.2. The zero-order valence-corrected chi connectivity index (χ0v) is 10.8. The lowest BCUT2D eigenvalue weighted by Gasteiger charge is -2.03. The smallest absolute Gasteiger partial charge is 0.216 e. The maximum absolute atomic E-state index is 10.6. The molecule has 0 atom stereocenters. The first kappa shape index (κ1) is 13.6. The highest BCUT2D eigenvalue weighted by Crippen LogP contribution is 2.25. The molecule has 0 heterocycles. The van der Waals surface area contributed by atoms with E-state index in [1.54, 1.807) is 7.11 Å². The molecule has 0 radical (unpaired) electrons. The summed E-state index contributed by atoms with van der Waals surface area (Å²) in [5.74, 6) is 0.660. The molecule has 0 spiro atoms. The predicted molar refractivity (Wildman–Crippen MR) is 70.3 cm³/mol.